The van der Waals surface area contributed by atoms with E-state index in [1.54, 1.807) is 11.8 Å². The minimum absolute atomic E-state index is 0.0942. The van der Waals surface area contributed by atoms with Gasteiger partial charge in [0.1, 0.15) is 0 Å². The van der Waals surface area contributed by atoms with E-state index < -0.39 is 26.0 Å². The van der Waals surface area contributed by atoms with Crippen molar-refractivity contribution in [3.05, 3.63) is 118 Å². The Morgan fingerprint density at radius 1 is 0.705 bits per heavy atom. The summed E-state index contributed by atoms with van der Waals surface area (Å²) in [7, 11) is -8.56. The van der Waals surface area contributed by atoms with E-state index in [0.29, 0.717) is 62.8 Å². The summed E-state index contributed by atoms with van der Waals surface area (Å²) in [5.74, 6) is 3.40. The van der Waals surface area contributed by atoms with Crippen LogP contribution in [0.15, 0.2) is 117 Å². The summed E-state index contributed by atoms with van der Waals surface area (Å²) in [6, 6.07) is 24.5. The van der Waals surface area contributed by atoms with Crippen LogP contribution in [0, 0.1) is 0 Å². The van der Waals surface area contributed by atoms with Crippen molar-refractivity contribution < 1.29 is 53.6 Å². The fraction of sp³-hybridized carbons (Fsp3) is 0.448. The van der Waals surface area contributed by atoms with E-state index in [1.165, 1.54) is 5.03 Å². The van der Waals surface area contributed by atoms with Gasteiger partial charge in [0.25, 0.3) is 5.52 Å². The lowest BCUT2D eigenvalue weighted by Gasteiger charge is -2.19. The first-order chi connectivity index (χ1) is 37.7. The highest BCUT2D eigenvalue weighted by atomic mass is 32.2. The summed E-state index contributed by atoms with van der Waals surface area (Å²) >= 11 is 3.69. The number of piperazine rings is 1. The number of hydrogen-bond donors (Lipinski definition) is 1. The molecule has 416 valence electrons. The minimum atomic E-state index is -4.38. The molecular weight excluding hydrogens is 1070 g/mol. The number of allylic oxidation sites excluding steroid dienone is 4. The highest BCUT2D eigenvalue weighted by Gasteiger charge is 2.29. The first kappa shape index (κ1) is 57.1. The molecule has 4 aromatic carbocycles. The lowest BCUT2D eigenvalue weighted by Crippen LogP contribution is -2.37. The Balaban J connectivity index is 0.724. The number of anilines is 1. The van der Waals surface area contributed by atoms with Crippen molar-refractivity contribution >= 4 is 107 Å². The van der Waals surface area contributed by atoms with Crippen LogP contribution in [0.2, 0.25) is 0 Å². The zero-order valence-electron chi connectivity index (χ0n) is 44.6. The third-order valence-electron chi connectivity index (χ3n) is 14.6. The number of benzene rings is 4. The number of thioether (sulfide) groups is 2. The van der Waals surface area contributed by atoms with Crippen LogP contribution in [-0.2, 0) is 31.6 Å². The maximum Gasteiger partial charge on any atom is 0.374 e. The van der Waals surface area contributed by atoms with Crippen LogP contribution >= 0.6 is 23.5 Å². The van der Waals surface area contributed by atoms with E-state index in [9.17, 15) is 30.7 Å². The Kier molecular flexibility index (Phi) is 19.8. The summed E-state index contributed by atoms with van der Waals surface area (Å²) in [6.07, 6.45) is 20.1. The second kappa shape index (κ2) is 27.0. The average Bonchev–Trinajstić information content (AvgIpc) is 4.37. The number of carbonyl (C=O) groups excluding carboxylic acids is 1. The van der Waals surface area contributed by atoms with Crippen LogP contribution in [-0.4, -0.2) is 152 Å². The molecule has 78 heavy (non-hydrogen) atoms. The summed E-state index contributed by atoms with van der Waals surface area (Å²) in [6.45, 7) is 11.0. The highest BCUT2D eigenvalue weighted by Crippen LogP contribution is 2.42. The number of oxazole rings is 1. The monoisotopic (exact) mass is 1140 g/mol. The zero-order valence-corrected chi connectivity index (χ0v) is 47.8. The highest BCUT2D eigenvalue weighted by molar-refractivity contribution is 8.03. The predicted octanol–water partition coefficient (Wildman–Crippen LogP) is 8.24. The summed E-state index contributed by atoms with van der Waals surface area (Å²) < 4.78 is 87.6. The smallest absolute Gasteiger partial charge is 0.374 e. The lowest BCUT2D eigenvalue weighted by atomic mass is 10.1. The molecule has 1 N–H and O–H groups in total. The molecule has 0 radical (unpaired) electrons. The molecule has 5 aromatic rings. The standard InChI is InChI=1S/C58H71N7O9S4/c1-2-45(40-56-65(26-14-38-78(70,71)72)51-42-47-16-7-9-18-49(47)44-53(51)74-56)39-55-64(50-41-46-15-6-8-17-48(46)43-52(50)73-55)25-12-3-5-19-54(66)59-22-10-4-11-23-62-33-35-75-57(62)20-27-60-29-31-61(32-30-60)28-21-58-63(34-36-76-58)24-13-37-77(67,68)69/h6-9,15-18,20-21,27-28,39-44H,2-5,10-14,19,22-26,29-38H2,1H3/p+1. The van der Waals surface area contributed by atoms with Gasteiger partial charge in [-0.2, -0.15) is 4.57 Å². The predicted molar refractivity (Wildman–Crippen MR) is 312 cm³/mol. The molecule has 16 nitrogen and oxygen atoms in total. The Hall–Kier alpha value is -5.64. The van der Waals surface area contributed by atoms with Gasteiger partial charge in [0.2, 0.25) is 43.6 Å². The SMILES string of the molecule is CCC(=Cc1oc2cc3ccccc3cc2[n+]1CCCS(=O)(=O)[O-])C=C1Oc2cc3ccccc3cc2N1CCCCCC(=O)NCCCCCN1CCSC1=CC=[N+]1CC[N+](=CC=C2SCCN2CCCS(=O)(=O)[O-])CC1. The molecule has 1 amide bonds. The third kappa shape index (κ3) is 16.0. The number of nitrogens with zero attached hydrogens (tertiary/aromatic N) is 6. The Morgan fingerprint density at radius 2 is 1.28 bits per heavy atom. The van der Waals surface area contributed by atoms with Gasteiger partial charge in [-0.15, -0.1) is 23.5 Å². The zero-order chi connectivity index (χ0) is 54.5. The third-order valence-corrected chi connectivity index (χ3v) is 18.3. The molecule has 0 atom stereocenters. The van der Waals surface area contributed by atoms with Gasteiger partial charge in [-0.1, -0.05) is 61.9 Å². The van der Waals surface area contributed by atoms with Gasteiger partial charge in [0.15, 0.2) is 24.7 Å². The number of amides is 1. The Morgan fingerprint density at radius 3 is 1.92 bits per heavy atom. The van der Waals surface area contributed by atoms with E-state index in [4.69, 9.17) is 9.15 Å². The van der Waals surface area contributed by atoms with Crippen LogP contribution in [0.25, 0.3) is 38.7 Å². The molecule has 0 spiro atoms. The second-order valence-corrected chi connectivity index (χ2v) is 25.5. The van der Waals surface area contributed by atoms with Gasteiger partial charge in [-0.3, -0.25) is 4.79 Å². The van der Waals surface area contributed by atoms with Gasteiger partial charge in [-0.25, -0.2) is 26.0 Å². The van der Waals surface area contributed by atoms with Crippen molar-refractivity contribution in [1.29, 1.82) is 0 Å². The number of nitrogens with one attached hydrogen (secondary N) is 1. The molecular formula is C58H72N7O9S4+. The number of aromatic nitrogens is 1. The molecule has 9 rings (SSSR count). The normalized spacial score (nSPS) is 17.9. The fourth-order valence-electron chi connectivity index (χ4n) is 10.3. The van der Waals surface area contributed by atoms with Crippen molar-refractivity contribution in [3.8, 4) is 5.75 Å². The number of unbranched alkanes of at least 4 members (excludes halogenated alkanes) is 4. The summed E-state index contributed by atoms with van der Waals surface area (Å²) in [4.78, 5) is 19.8. The van der Waals surface area contributed by atoms with Gasteiger partial charge in [0.05, 0.1) is 42.1 Å². The number of ether oxygens (including phenoxy) is 1. The molecule has 5 heterocycles. The molecule has 3 saturated heterocycles. The van der Waals surface area contributed by atoms with E-state index >= 15 is 0 Å². The second-order valence-electron chi connectivity index (χ2n) is 20.2. The summed E-state index contributed by atoms with van der Waals surface area (Å²) in [5, 5.41) is 9.88. The van der Waals surface area contributed by atoms with Gasteiger partial charge >= 0.3 is 5.89 Å². The van der Waals surface area contributed by atoms with Crippen LogP contribution in [0.4, 0.5) is 5.69 Å². The van der Waals surface area contributed by atoms with E-state index in [-0.39, 0.29) is 18.1 Å². The van der Waals surface area contributed by atoms with Gasteiger partial charge in [-0.05, 0) is 90.3 Å². The Labute approximate surface area is 467 Å². The van der Waals surface area contributed by atoms with Gasteiger partial charge in [0, 0.05) is 99.4 Å². The first-order valence-electron chi connectivity index (χ1n) is 27.5. The maximum atomic E-state index is 12.9. The molecule has 4 aliphatic rings. The summed E-state index contributed by atoms with van der Waals surface area (Å²) in [5.41, 5.74) is 3.42. The topological polar surface area (TPSA) is 185 Å². The number of hydrogen-bond acceptors (Lipinski definition) is 14. The van der Waals surface area contributed by atoms with Crippen molar-refractivity contribution in [1.82, 2.24) is 15.1 Å². The van der Waals surface area contributed by atoms with Crippen molar-refractivity contribution in [3.63, 3.8) is 0 Å². The van der Waals surface area contributed by atoms with E-state index in [1.807, 2.05) is 77.0 Å². The van der Waals surface area contributed by atoms with Crippen LogP contribution in [0.1, 0.15) is 77.0 Å². The van der Waals surface area contributed by atoms with Crippen molar-refractivity contribution in [2.24, 2.45) is 0 Å². The fourth-order valence-corrected chi connectivity index (χ4v) is 13.4. The molecule has 1 aromatic heterocycles. The lowest BCUT2D eigenvalue weighted by molar-refractivity contribution is -0.677. The van der Waals surface area contributed by atoms with Crippen LogP contribution in [0.5, 0.6) is 5.75 Å². The van der Waals surface area contributed by atoms with Crippen LogP contribution in [0.3, 0.4) is 0 Å². The quantitative estimate of drug-likeness (QED) is 0.0335. The molecule has 0 unspecified atom stereocenters. The molecule has 4 aliphatic heterocycles. The van der Waals surface area contributed by atoms with E-state index in [2.05, 4.69) is 84.9 Å². The Bertz CT molecular complexity index is 3370. The minimum Gasteiger partial charge on any atom is -0.748 e. The number of aryl methyl sites for hydroxylation is 1. The van der Waals surface area contributed by atoms with Crippen LogP contribution < -0.4 is 19.5 Å². The molecule has 20 heteroatoms. The number of fused-ring (bicyclic) bond motifs is 4. The average molecular weight is 1140 g/mol. The maximum absolute atomic E-state index is 12.9. The first-order valence-corrected chi connectivity index (χ1v) is 32.6. The molecule has 3 fully saturated rings. The number of rotatable bonds is 25. The molecule has 0 aliphatic carbocycles. The molecule has 0 bridgehead atoms. The largest absolute Gasteiger partial charge is 0.748 e. The van der Waals surface area contributed by atoms with Crippen molar-refractivity contribution in [2.75, 3.05) is 93.4 Å². The van der Waals surface area contributed by atoms with E-state index in [0.717, 1.165) is 145 Å². The number of carbonyl (C=O) groups is 1. The molecule has 0 saturated carbocycles. The van der Waals surface area contributed by atoms with Crippen molar-refractivity contribution in [2.45, 2.75) is 77.7 Å². The van der Waals surface area contributed by atoms with Gasteiger partial charge < -0.3 is 38.3 Å².